The molecule has 0 saturated heterocycles. The number of rotatable bonds is 3. The van der Waals surface area contributed by atoms with Crippen LogP contribution < -0.4 is 4.74 Å². The van der Waals surface area contributed by atoms with Crippen LogP contribution in [0.5, 0.6) is 5.75 Å². The van der Waals surface area contributed by atoms with E-state index in [4.69, 9.17) is 4.74 Å². The third kappa shape index (κ3) is 1.97. The summed E-state index contributed by atoms with van der Waals surface area (Å²) in [5.74, 6) is 1.01. The second kappa shape index (κ2) is 4.02. The highest BCUT2D eigenvalue weighted by molar-refractivity contribution is 5.33. The Kier molecular flexibility index (Phi) is 2.96. The molecule has 0 aromatic heterocycles. The molecule has 0 atom stereocenters. The predicted octanol–water partition coefficient (Wildman–Crippen LogP) is 2.65. The largest absolute Gasteiger partial charge is 0.496 e. The molecule has 0 aliphatic heterocycles. The molecular formula is C10H14O. The molecule has 11 heavy (non-hydrogen) atoms. The van der Waals surface area contributed by atoms with E-state index in [1.807, 2.05) is 18.2 Å². The zero-order valence-electron chi connectivity index (χ0n) is 7.13. The van der Waals surface area contributed by atoms with E-state index in [1.54, 1.807) is 7.11 Å². The van der Waals surface area contributed by atoms with E-state index in [1.165, 1.54) is 12.0 Å². The van der Waals surface area contributed by atoms with Gasteiger partial charge in [-0.15, -0.1) is 0 Å². The number of hydrogen-bond donors (Lipinski definition) is 0. The normalized spacial score (nSPS) is 9.64. The SMILES string of the molecule is CCCc1ccccc1OC. The molecule has 0 saturated carbocycles. The Morgan fingerprint density at radius 2 is 2.00 bits per heavy atom. The molecule has 1 aromatic rings. The van der Waals surface area contributed by atoms with Crippen molar-refractivity contribution < 1.29 is 4.74 Å². The van der Waals surface area contributed by atoms with Gasteiger partial charge in [0.05, 0.1) is 7.11 Å². The molecule has 0 aliphatic rings. The zero-order valence-corrected chi connectivity index (χ0v) is 7.13. The number of para-hydroxylation sites is 1. The van der Waals surface area contributed by atoms with Crippen LogP contribution in [0.4, 0.5) is 0 Å². The Morgan fingerprint density at radius 3 is 2.64 bits per heavy atom. The number of hydrogen-bond acceptors (Lipinski definition) is 1. The van der Waals surface area contributed by atoms with Crippen LogP contribution in [0.1, 0.15) is 18.9 Å². The van der Waals surface area contributed by atoms with Gasteiger partial charge in [-0.3, -0.25) is 0 Å². The van der Waals surface area contributed by atoms with Crippen LogP contribution in [0.15, 0.2) is 24.3 Å². The van der Waals surface area contributed by atoms with E-state index in [2.05, 4.69) is 13.0 Å². The standard InChI is InChI=1S/C10H14O/c1-3-6-9-7-4-5-8-10(9)11-2/h4-5,7-8H,3,6H2,1-2H3. The van der Waals surface area contributed by atoms with Crippen molar-refractivity contribution in [2.24, 2.45) is 0 Å². The molecule has 0 amide bonds. The van der Waals surface area contributed by atoms with Gasteiger partial charge >= 0.3 is 0 Å². The lowest BCUT2D eigenvalue weighted by Gasteiger charge is -2.05. The minimum atomic E-state index is 1.01. The predicted molar refractivity (Wildman–Crippen MR) is 47.0 cm³/mol. The fourth-order valence-corrected chi connectivity index (χ4v) is 1.18. The van der Waals surface area contributed by atoms with Gasteiger partial charge in [-0.2, -0.15) is 0 Å². The van der Waals surface area contributed by atoms with Crippen molar-refractivity contribution in [3.63, 3.8) is 0 Å². The third-order valence-electron chi connectivity index (χ3n) is 1.71. The Bertz CT molecular complexity index is 218. The smallest absolute Gasteiger partial charge is 0.122 e. The molecule has 0 bridgehead atoms. The molecule has 0 fully saturated rings. The highest BCUT2D eigenvalue weighted by Gasteiger charge is 1.97. The highest BCUT2D eigenvalue weighted by Crippen LogP contribution is 2.18. The average molecular weight is 150 g/mol. The second-order valence-electron chi connectivity index (χ2n) is 2.56. The minimum Gasteiger partial charge on any atom is -0.496 e. The monoisotopic (exact) mass is 150 g/mol. The fraction of sp³-hybridized carbons (Fsp3) is 0.400. The van der Waals surface area contributed by atoms with Crippen molar-refractivity contribution in [2.75, 3.05) is 7.11 Å². The summed E-state index contributed by atoms with van der Waals surface area (Å²) in [4.78, 5) is 0. The molecule has 0 aliphatic carbocycles. The van der Waals surface area contributed by atoms with Gasteiger partial charge in [0.2, 0.25) is 0 Å². The van der Waals surface area contributed by atoms with Crippen molar-refractivity contribution in [3.05, 3.63) is 29.8 Å². The zero-order chi connectivity index (χ0) is 8.10. The lowest BCUT2D eigenvalue weighted by molar-refractivity contribution is 0.409. The van der Waals surface area contributed by atoms with Crippen molar-refractivity contribution in [1.29, 1.82) is 0 Å². The Balaban J connectivity index is 2.83. The number of benzene rings is 1. The summed E-state index contributed by atoms with van der Waals surface area (Å²) < 4.78 is 5.20. The third-order valence-corrected chi connectivity index (χ3v) is 1.71. The molecule has 1 heteroatoms. The minimum absolute atomic E-state index is 1.01. The van der Waals surface area contributed by atoms with Crippen LogP contribution in [-0.2, 0) is 6.42 Å². The van der Waals surface area contributed by atoms with Gasteiger partial charge in [0.1, 0.15) is 5.75 Å². The number of aryl methyl sites for hydroxylation is 1. The Labute approximate surface area is 68.0 Å². The molecule has 0 radical (unpaired) electrons. The first-order chi connectivity index (χ1) is 5.38. The topological polar surface area (TPSA) is 9.23 Å². The van der Waals surface area contributed by atoms with E-state index in [0.29, 0.717) is 0 Å². The van der Waals surface area contributed by atoms with Crippen molar-refractivity contribution >= 4 is 0 Å². The summed E-state index contributed by atoms with van der Waals surface area (Å²) in [6.07, 6.45) is 2.27. The van der Waals surface area contributed by atoms with Crippen LogP contribution in [0.3, 0.4) is 0 Å². The second-order valence-corrected chi connectivity index (χ2v) is 2.56. The lowest BCUT2D eigenvalue weighted by atomic mass is 10.1. The lowest BCUT2D eigenvalue weighted by Crippen LogP contribution is -1.90. The van der Waals surface area contributed by atoms with Crippen LogP contribution >= 0.6 is 0 Å². The summed E-state index contributed by atoms with van der Waals surface area (Å²) in [5, 5.41) is 0. The maximum absolute atomic E-state index is 5.20. The van der Waals surface area contributed by atoms with Gasteiger partial charge in [0, 0.05) is 0 Å². The summed E-state index contributed by atoms with van der Waals surface area (Å²) in [6.45, 7) is 2.17. The maximum atomic E-state index is 5.20. The van der Waals surface area contributed by atoms with Crippen molar-refractivity contribution in [3.8, 4) is 5.75 Å². The van der Waals surface area contributed by atoms with Crippen molar-refractivity contribution in [2.45, 2.75) is 19.8 Å². The summed E-state index contributed by atoms with van der Waals surface area (Å²) in [5.41, 5.74) is 1.30. The Morgan fingerprint density at radius 1 is 1.27 bits per heavy atom. The molecular weight excluding hydrogens is 136 g/mol. The Hall–Kier alpha value is -0.980. The molecule has 0 spiro atoms. The quantitative estimate of drug-likeness (QED) is 0.643. The van der Waals surface area contributed by atoms with Gasteiger partial charge in [-0.1, -0.05) is 31.5 Å². The molecule has 0 unspecified atom stereocenters. The highest BCUT2D eigenvalue weighted by atomic mass is 16.5. The summed E-state index contributed by atoms with van der Waals surface area (Å²) in [7, 11) is 1.72. The van der Waals surface area contributed by atoms with Crippen LogP contribution in [0.25, 0.3) is 0 Å². The first-order valence-electron chi connectivity index (χ1n) is 4.00. The molecule has 1 rings (SSSR count). The molecule has 1 aromatic carbocycles. The molecule has 0 N–H and O–H groups in total. The van der Waals surface area contributed by atoms with E-state index >= 15 is 0 Å². The van der Waals surface area contributed by atoms with Gasteiger partial charge in [-0.25, -0.2) is 0 Å². The first kappa shape index (κ1) is 8.12. The molecule has 60 valence electrons. The summed E-state index contributed by atoms with van der Waals surface area (Å²) in [6, 6.07) is 8.17. The summed E-state index contributed by atoms with van der Waals surface area (Å²) >= 11 is 0. The average Bonchev–Trinajstić information content (AvgIpc) is 2.06. The van der Waals surface area contributed by atoms with Crippen molar-refractivity contribution in [1.82, 2.24) is 0 Å². The maximum Gasteiger partial charge on any atom is 0.122 e. The van der Waals surface area contributed by atoms with E-state index in [-0.39, 0.29) is 0 Å². The van der Waals surface area contributed by atoms with Gasteiger partial charge in [-0.05, 0) is 18.1 Å². The van der Waals surface area contributed by atoms with E-state index in [0.717, 1.165) is 12.2 Å². The number of methoxy groups -OCH3 is 1. The van der Waals surface area contributed by atoms with Crippen LogP contribution in [0.2, 0.25) is 0 Å². The number of ether oxygens (including phenoxy) is 1. The van der Waals surface area contributed by atoms with Gasteiger partial charge in [0.25, 0.3) is 0 Å². The van der Waals surface area contributed by atoms with E-state index in [9.17, 15) is 0 Å². The van der Waals surface area contributed by atoms with Gasteiger partial charge in [0.15, 0.2) is 0 Å². The van der Waals surface area contributed by atoms with Gasteiger partial charge < -0.3 is 4.74 Å². The molecule has 0 heterocycles. The fourth-order valence-electron chi connectivity index (χ4n) is 1.18. The van der Waals surface area contributed by atoms with Crippen LogP contribution in [-0.4, -0.2) is 7.11 Å². The molecule has 1 nitrogen and oxygen atoms in total. The van der Waals surface area contributed by atoms with E-state index < -0.39 is 0 Å². The van der Waals surface area contributed by atoms with Crippen LogP contribution in [0, 0.1) is 0 Å². The first-order valence-corrected chi connectivity index (χ1v) is 4.00.